The van der Waals surface area contributed by atoms with E-state index in [9.17, 15) is 14.8 Å². The molecule has 0 spiro atoms. The van der Waals surface area contributed by atoms with Crippen LogP contribution in [-0.4, -0.2) is 51.8 Å². The van der Waals surface area contributed by atoms with Gasteiger partial charge < -0.3 is 19.9 Å². The number of hydrazine groups is 1. The Labute approximate surface area is 135 Å². The molecule has 0 aliphatic carbocycles. The van der Waals surface area contributed by atoms with Crippen molar-refractivity contribution in [3.8, 4) is 0 Å². The first kappa shape index (κ1) is 19.0. The summed E-state index contributed by atoms with van der Waals surface area (Å²) in [6.45, 7) is 5.93. The third-order valence-corrected chi connectivity index (χ3v) is 3.14. The SMILES string of the molecule is CC(C)(C)OC(=O)CCCCON=[N+]([O-])N1CCC[C@H]1C(=O)O. The molecule has 1 rings (SSSR count). The number of aliphatic carboxylic acids is 1. The predicted molar refractivity (Wildman–Crippen MR) is 79.1 cm³/mol. The summed E-state index contributed by atoms with van der Waals surface area (Å²) < 4.78 is 5.16. The molecule has 0 aromatic rings. The number of unbranched alkanes of at least 4 members (excludes halogenated alkanes) is 1. The average Bonchev–Trinajstić information content (AvgIpc) is 2.89. The lowest BCUT2D eigenvalue weighted by atomic mass is 10.2. The summed E-state index contributed by atoms with van der Waals surface area (Å²) in [5.74, 6) is -1.32. The second kappa shape index (κ2) is 8.54. The molecule has 0 amide bonds. The second-order valence-corrected chi connectivity index (χ2v) is 6.37. The van der Waals surface area contributed by atoms with E-state index in [1.807, 2.05) is 0 Å². The van der Waals surface area contributed by atoms with Gasteiger partial charge in [-0.2, -0.15) is 0 Å². The van der Waals surface area contributed by atoms with Crippen LogP contribution in [0.3, 0.4) is 0 Å². The van der Waals surface area contributed by atoms with Crippen LogP contribution in [0, 0.1) is 5.21 Å². The van der Waals surface area contributed by atoms with Crippen LogP contribution in [0.1, 0.15) is 52.9 Å². The van der Waals surface area contributed by atoms with Gasteiger partial charge in [-0.3, -0.25) is 4.79 Å². The zero-order valence-corrected chi connectivity index (χ0v) is 13.9. The summed E-state index contributed by atoms with van der Waals surface area (Å²) in [5, 5.41) is 25.1. The number of carbonyl (C=O) groups is 2. The summed E-state index contributed by atoms with van der Waals surface area (Å²) in [5.41, 5.74) is -0.498. The van der Waals surface area contributed by atoms with E-state index in [1.165, 1.54) is 0 Å². The predicted octanol–water partition coefficient (Wildman–Crippen LogP) is 1.86. The van der Waals surface area contributed by atoms with Crippen LogP contribution in [0.5, 0.6) is 0 Å². The first-order chi connectivity index (χ1) is 10.7. The molecule has 0 aromatic carbocycles. The van der Waals surface area contributed by atoms with Crippen LogP contribution >= 0.6 is 0 Å². The summed E-state index contributed by atoms with van der Waals surface area (Å²) in [7, 11) is 0. The van der Waals surface area contributed by atoms with E-state index in [2.05, 4.69) is 5.28 Å². The number of carboxylic acids is 1. The van der Waals surface area contributed by atoms with Crippen LogP contribution in [0.4, 0.5) is 0 Å². The first-order valence-electron chi connectivity index (χ1n) is 7.72. The maximum atomic E-state index is 11.7. The van der Waals surface area contributed by atoms with Crippen molar-refractivity contribution in [3.05, 3.63) is 5.21 Å². The highest BCUT2D eigenvalue weighted by atomic mass is 16.7. The van der Waals surface area contributed by atoms with Crippen molar-refractivity contribution >= 4 is 11.9 Å². The Morgan fingerprint density at radius 1 is 1.39 bits per heavy atom. The molecule has 1 heterocycles. The summed E-state index contributed by atoms with van der Waals surface area (Å²) in [4.78, 5) is 27.5. The number of hydrogen-bond donors (Lipinski definition) is 1. The standard InChI is InChI=1S/C14H25N3O6/c1-14(2,3)23-12(18)8-4-5-10-22-15-17(21)16-9-6-7-11(16)13(19)20/h11H,4-10H2,1-3H3,(H,19,20)/t11-/m0/s1. The Morgan fingerprint density at radius 2 is 2.09 bits per heavy atom. The van der Waals surface area contributed by atoms with Gasteiger partial charge in [-0.25, -0.2) is 4.79 Å². The van der Waals surface area contributed by atoms with Crippen molar-refractivity contribution in [1.29, 1.82) is 0 Å². The molecule has 0 saturated carbocycles. The largest absolute Gasteiger partial charge is 0.569 e. The molecule has 1 N–H and O–H groups in total. The molecular formula is C14H25N3O6. The minimum atomic E-state index is -1.05. The highest BCUT2D eigenvalue weighted by Crippen LogP contribution is 2.17. The van der Waals surface area contributed by atoms with Crippen molar-refractivity contribution in [2.75, 3.05) is 13.2 Å². The number of carbonyl (C=O) groups excluding carboxylic acids is 1. The van der Waals surface area contributed by atoms with Crippen molar-refractivity contribution in [3.63, 3.8) is 0 Å². The zero-order valence-electron chi connectivity index (χ0n) is 13.9. The summed E-state index contributed by atoms with van der Waals surface area (Å²) in [6, 6.07) is -0.855. The molecule has 1 aliphatic heterocycles. The van der Waals surface area contributed by atoms with E-state index in [1.54, 1.807) is 20.8 Å². The van der Waals surface area contributed by atoms with Gasteiger partial charge >= 0.3 is 11.9 Å². The van der Waals surface area contributed by atoms with Gasteiger partial charge in [0.05, 0.1) is 11.5 Å². The minimum Gasteiger partial charge on any atom is -0.569 e. The second-order valence-electron chi connectivity index (χ2n) is 6.37. The minimum absolute atomic E-state index is 0.174. The smallest absolute Gasteiger partial charge is 0.332 e. The monoisotopic (exact) mass is 331 g/mol. The van der Waals surface area contributed by atoms with Gasteiger partial charge in [0, 0.05) is 6.42 Å². The molecule has 1 saturated heterocycles. The number of esters is 1. The lowest BCUT2D eigenvalue weighted by Gasteiger charge is -2.19. The third-order valence-electron chi connectivity index (χ3n) is 3.14. The number of carboxylic acid groups (broad SMARTS) is 1. The zero-order chi connectivity index (χ0) is 17.5. The van der Waals surface area contributed by atoms with E-state index in [0.29, 0.717) is 32.2 Å². The van der Waals surface area contributed by atoms with E-state index < -0.39 is 17.6 Å². The Hall–Kier alpha value is -2.06. The van der Waals surface area contributed by atoms with Gasteiger partial charge in [0.2, 0.25) is 5.28 Å². The summed E-state index contributed by atoms with van der Waals surface area (Å²) >= 11 is 0. The molecule has 23 heavy (non-hydrogen) atoms. The Bertz CT molecular complexity index is 446. The number of nitrogens with zero attached hydrogens (tertiary/aromatic N) is 3. The van der Waals surface area contributed by atoms with Crippen molar-refractivity contribution in [2.45, 2.75) is 64.5 Å². The molecular weight excluding hydrogens is 306 g/mol. The molecule has 0 aromatic heterocycles. The molecule has 0 bridgehead atoms. The fourth-order valence-electron chi connectivity index (χ4n) is 2.17. The van der Waals surface area contributed by atoms with E-state index >= 15 is 0 Å². The highest BCUT2D eigenvalue weighted by molar-refractivity contribution is 5.73. The molecule has 1 atom stereocenters. The van der Waals surface area contributed by atoms with E-state index in [4.69, 9.17) is 14.7 Å². The van der Waals surface area contributed by atoms with Crippen LogP contribution in [0.25, 0.3) is 0 Å². The number of rotatable bonds is 8. The highest BCUT2D eigenvalue weighted by Gasteiger charge is 2.36. The van der Waals surface area contributed by atoms with Crippen LogP contribution in [0.2, 0.25) is 0 Å². The van der Waals surface area contributed by atoms with Crippen molar-refractivity contribution in [1.82, 2.24) is 5.01 Å². The Kier molecular flexibility index (Phi) is 7.05. The van der Waals surface area contributed by atoms with Gasteiger partial charge in [-0.1, -0.05) is 0 Å². The molecule has 0 unspecified atom stereocenters. The third kappa shape index (κ3) is 7.16. The van der Waals surface area contributed by atoms with Crippen LogP contribution in [-0.2, 0) is 19.2 Å². The molecule has 0 radical (unpaired) electrons. The van der Waals surface area contributed by atoms with Crippen LogP contribution < -0.4 is 0 Å². The van der Waals surface area contributed by atoms with E-state index in [0.717, 1.165) is 5.01 Å². The normalized spacial score (nSPS) is 18.8. The lowest BCUT2D eigenvalue weighted by molar-refractivity contribution is -0.712. The fraction of sp³-hybridized carbons (Fsp3) is 0.857. The number of hydrogen-bond acceptors (Lipinski definition) is 6. The van der Waals surface area contributed by atoms with Gasteiger partial charge in [-0.05, 0) is 46.5 Å². The van der Waals surface area contributed by atoms with Crippen molar-refractivity contribution in [2.24, 2.45) is 5.28 Å². The Morgan fingerprint density at radius 3 is 2.70 bits per heavy atom. The van der Waals surface area contributed by atoms with E-state index in [-0.39, 0.29) is 24.0 Å². The fourth-order valence-corrected chi connectivity index (χ4v) is 2.17. The molecule has 9 nitrogen and oxygen atoms in total. The molecule has 1 aliphatic rings. The topological polar surface area (TPSA) is 114 Å². The quantitative estimate of drug-likeness (QED) is 0.237. The maximum Gasteiger partial charge on any atom is 0.332 e. The van der Waals surface area contributed by atoms with Crippen LogP contribution in [0.15, 0.2) is 5.28 Å². The first-order valence-corrected chi connectivity index (χ1v) is 7.72. The number of ether oxygens (including phenoxy) is 1. The maximum absolute atomic E-state index is 11.7. The van der Waals surface area contributed by atoms with Gasteiger partial charge in [-0.15, -0.1) is 5.01 Å². The molecule has 9 heteroatoms. The molecule has 132 valence electrons. The van der Waals surface area contributed by atoms with Gasteiger partial charge in [0.25, 0.3) is 0 Å². The molecule has 1 fully saturated rings. The van der Waals surface area contributed by atoms with Gasteiger partial charge in [0.1, 0.15) is 12.2 Å². The lowest BCUT2D eigenvalue weighted by Crippen LogP contribution is -2.40. The average molecular weight is 331 g/mol. The van der Waals surface area contributed by atoms with Gasteiger partial charge in [0.15, 0.2) is 6.04 Å². The summed E-state index contributed by atoms with van der Waals surface area (Å²) in [6.07, 6.45) is 2.42. The Balaban J connectivity index is 2.21. The van der Waals surface area contributed by atoms with Crippen molar-refractivity contribution < 1.29 is 29.2 Å².